The topological polar surface area (TPSA) is 36.7 Å². The van der Waals surface area contributed by atoms with E-state index in [9.17, 15) is 5.26 Å². The summed E-state index contributed by atoms with van der Waals surface area (Å²) < 4.78 is 0. The van der Waals surface area contributed by atoms with E-state index in [0.29, 0.717) is 5.56 Å². The van der Waals surface area contributed by atoms with Gasteiger partial charge >= 0.3 is 0 Å². The maximum atomic E-state index is 9.28. The molecule has 2 heteroatoms. The normalized spacial score (nSPS) is 17.8. The van der Waals surface area contributed by atoms with Gasteiger partial charge in [-0.2, -0.15) is 5.26 Å². The smallest absolute Gasteiger partial charge is 0.0995 e. The molecule has 18 heavy (non-hydrogen) atoms. The Bertz CT molecular complexity index is 717. The monoisotopic (exact) mass is 232 g/mol. The molecule has 1 aliphatic rings. The Balaban J connectivity index is 2.22. The number of hydrogen-bond donors (Lipinski definition) is 0. The van der Waals surface area contributed by atoms with Crippen molar-refractivity contribution in [3.05, 3.63) is 65.4 Å². The van der Waals surface area contributed by atoms with E-state index in [1.807, 2.05) is 18.2 Å². The first kappa shape index (κ1) is 10.7. The number of nitrogens with zero attached hydrogens (tertiary/aromatic N) is 2. The van der Waals surface area contributed by atoms with Gasteiger partial charge in [0.05, 0.1) is 17.1 Å². The Morgan fingerprint density at radius 3 is 2.94 bits per heavy atom. The van der Waals surface area contributed by atoms with Crippen LogP contribution in [0.2, 0.25) is 0 Å². The van der Waals surface area contributed by atoms with Crippen LogP contribution in [0, 0.1) is 11.3 Å². The van der Waals surface area contributed by atoms with Gasteiger partial charge in [0.2, 0.25) is 0 Å². The van der Waals surface area contributed by atoms with Gasteiger partial charge in [0.15, 0.2) is 0 Å². The molecule has 2 aromatic rings. The van der Waals surface area contributed by atoms with Crippen molar-refractivity contribution in [2.75, 3.05) is 0 Å². The van der Waals surface area contributed by atoms with Crippen LogP contribution >= 0.6 is 0 Å². The first-order valence-corrected chi connectivity index (χ1v) is 5.93. The predicted molar refractivity (Wildman–Crippen MR) is 72.1 cm³/mol. The summed E-state index contributed by atoms with van der Waals surface area (Å²) in [6.07, 6.45) is 8.16. The molecule has 0 saturated carbocycles. The minimum absolute atomic E-state index is 0.212. The number of nitriles is 1. The van der Waals surface area contributed by atoms with Gasteiger partial charge in [0.1, 0.15) is 0 Å². The van der Waals surface area contributed by atoms with Crippen molar-refractivity contribution in [1.29, 1.82) is 5.26 Å². The molecule has 1 unspecified atom stereocenters. The molecule has 86 valence electrons. The van der Waals surface area contributed by atoms with Gasteiger partial charge in [0.25, 0.3) is 0 Å². The van der Waals surface area contributed by atoms with Crippen molar-refractivity contribution in [3.63, 3.8) is 0 Å². The summed E-state index contributed by atoms with van der Waals surface area (Å²) in [5.41, 5.74) is 3.89. The number of hydrogen-bond acceptors (Lipinski definition) is 2. The highest BCUT2D eigenvalue weighted by Gasteiger charge is 2.15. The van der Waals surface area contributed by atoms with Crippen LogP contribution in [0.15, 0.2) is 54.3 Å². The summed E-state index contributed by atoms with van der Waals surface area (Å²) in [7, 11) is 0. The third kappa shape index (κ3) is 1.70. The molecule has 0 saturated heterocycles. The lowest BCUT2D eigenvalue weighted by Gasteiger charge is -2.09. The van der Waals surface area contributed by atoms with Crippen LogP contribution in [0.3, 0.4) is 0 Å². The average Bonchev–Trinajstić information content (AvgIpc) is 2.83. The molecule has 0 amide bonds. The fourth-order valence-electron chi connectivity index (χ4n) is 2.35. The van der Waals surface area contributed by atoms with Gasteiger partial charge < -0.3 is 0 Å². The molecule has 0 N–H and O–H groups in total. The highest BCUT2D eigenvalue weighted by atomic mass is 14.6. The molecule has 3 rings (SSSR count). The van der Waals surface area contributed by atoms with Gasteiger partial charge in [-0.3, -0.25) is 4.98 Å². The van der Waals surface area contributed by atoms with Crippen molar-refractivity contribution >= 4 is 10.9 Å². The molecule has 1 heterocycles. The second-order valence-electron chi connectivity index (χ2n) is 4.54. The number of fused-ring (bicyclic) bond motifs is 1. The molecule has 0 spiro atoms. The highest BCUT2D eigenvalue weighted by Crippen LogP contribution is 2.31. The Morgan fingerprint density at radius 2 is 2.22 bits per heavy atom. The molecule has 1 aliphatic carbocycles. The van der Waals surface area contributed by atoms with E-state index in [2.05, 4.69) is 42.3 Å². The van der Waals surface area contributed by atoms with Crippen molar-refractivity contribution in [1.82, 2.24) is 4.98 Å². The van der Waals surface area contributed by atoms with Gasteiger partial charge in [-0.25, -0.2) is 0 Å². The molecule has 0 fully saturated rings. The lowest BCUT2D eigenvalue weighted by Crippen LogP contribution is -1.95. The second kappa shape index (κ2) is 4.12. The Hall–Kier alpha value is -2.40. The zero-order valence-corrected chi connectivity index (χ0v) is 10.1. The average molecular weight is 232 g/mol. The van der Waals surface area contributed by atoms with E-state index in [1.54, 1.807) is 6.20 Å². The lowest BCUT2D eigenvalue weighted by atomic mass is 9.94. The number of allylic oxidation sites excluding steroid dienone is 4. The minimum atomic E-state index is 0.212. The molecule has 2 nitrogen and oxygen atoms in total. The Morgan fingerprint density at radius 1 is 1.33 bits per heavy atom. The van der Waals surface area contributed by atoms with E-state index in [-0.39, 0.29) is 5.92 Å². The van der Waals surface area contributed by atoms with Crippen LogP contribution in [0.5, 0.6) is 0 Å². The predicted octanol–water partition coefficient (Wildman–Crippen LogP) is 3.71. The van der Waals surface area contributed by atoms with Crippen molar-refractivity contribution < 1.29 is 0 Å². The summed E-state index contributed by atoms with van der Waals surface area (Å²) >= 11 is 0. The number of aromatic nitrogens is 1. The number of benzene rings is 1. The molecule has 0 radical (unpaired) electrons. The second-order valence-corrected chi connectivity index (χ2v) is 4.54. The van der Waals surface area contributed by atoms with Gasteiger partial charge in [0, 0.05) is 17.5 Å². The first-order chi connectivity index (χ1) is 8.78. The van der Waals surface area contributed by atoms with Gasteiger partial charge in [-0.1, -0.05) is 29.9 Å². The fraction of sp³-hybridized carbons (Fsp3) is 0.125. The summed E-state index contributed by atoms with van der Waals surface area (Å²) in [5.74, 6) is 0.212. The van der Waals surface area contributed by atoms with Crippen LogP contribution in [0.1, 0.15) is 24.0 Å². The number of pyridine rings is 1. The summed E-state index contributed by atoms with van der Waals surface area (Å²) in [4.78, 5) is 4.29. The van der Waals surface area contributed by atoms with E-state index in [4.69, 9.17) is 0 Å². The molecule has 1 aromatic carbocycles. The fourth-order valence-corrected chi connectivity index (χ4v) is 2.35. The third-order valence-corrected chi connectivity index (χ3v) is 3.26. The van der Waals surface area contributed by atoms with Crippen molar-refractivity contribution in [3.8, 4) is 6.07 Å². The summed E-state index contributed by atoms with van der Waals surface area (Å²) in [6, 6.07) is 10.2. The van der Waals surface area contributed by atoms with Gasteiger partial charge in [-0.05, 0) is 30.7 Å². The number of rotatable bonds is 1. The SMILES string of the molecule is CC1=CC(c2cc3cccnc3cc2C#N)C=C1. The molecule has 0 aliphatic heterocycles. The standard InChI is InChI=1S/C16H12N2/c1-11-4-5-12(7-11)15-8-13-3-2-6-18-16(13)9-14(15)10-17/h2-9,12H,1H3. The molecular formula is C16H12N2. The molecular weight excluding hydrogens is 220 g/mol. The van der Waals surface area contributed by atoms with Gasteiger partial charge in [-0.15, -0.1) is 0 Å². The van der Waals surface area contributed by atoms with Crippen LogP contribution in [0.25, 0.3) is 10.9 Å². The van der Waals surface area contributed by atoms with Crippen molar-refractivity contribution in [2.45, 2.75) is 12.8 Å². The zero-order chi connectivity index (χ0) is 12.5. The van der Waals surface area contributed by atoms with Crippen LogP contribution in [0.4, 0.5) is 0 Å². The maximum absolute atomic E-state index is 9.28. The van der Waals surface area contributed by atoms with E-state index >= 15 is 0 Å². The quantitative estimate of drug-likeness (QED) is 0.751. The molecule has 1 aromatic heterocycles. The van der Waals surface area contributed by atoms with Crippen LogP contribution in [-0.2, 0) is 0 Å². The van der Waals surface area contributed by atoms with Crippen LogP contribution < -0.4 is 0 Å². The Kier molecular flexibility index (Phi) is 2.46. The van der Waals surface area contributed by atoms with Crippen molar-refractivity contribution in [2.24, 2.45) is 0 Å². The van der Waals surface area contributed by atoms with Crippen LogP contribution in [-0.4, -0.2) is 4.98 Å². The van der Waals surface area contributed by atoms with E-state index in [1.165, 1.54) is 5.57 Å². The summed E-state index contributed by atoms with van der Waals surface area (Å²) in [6.45, 7) is 2.07. The maximum Gasteiger partial charge on any atom is 0.0995 e. The van der Waals surface area contributed by atoms with E-state index < -0.39 is 0 Å². The minimum Gasteiger partial charge on any atom is -0.256 e. The lowest BCUT2D eigenvalue weighted by molar-refractivity contribution is 1.09. The highest BCUT2D eigenvalue weighted by molar-refractivity contribution is 5.81. The first-order valence-electron chi connectivity index (χ1n) is 5.93. The Labute approximate surface area is 106 Å². The molecule has 1 atom stereocenters. The zero-order valence-electron chi connectivity index (χ0n) is 10.1. The van der Waals surface area contributed by atoms with E-state index in [0.717, 1.165) is 16.5 Å². The third-order valence-electron chi connectivity index (χ3n) is 3.26. The largest absolute Gasteiger partial charge is 0.256 e. The summed E-state index contributed by atoms with van der Waals surface area (Å²) in [5, 5.41) is 10.4. The molecule has 0 bridgehead atoms.